The van der Waals surface area contributed by atoms with Gasteiger partial charge in [-0.25, -0.2) is 8.42 Å². The molecule has 0 saturated carbocycles. The van der Waals surface area contributed by atoms with Crippen LogP contribution in [0, 0.1) is 5.92 Å². The van der Waals surface area contributed by atoms with E-state index in [9.17, 15) is 13.2 Å². The molecule has 0 aliphatic heterocycles. The molecule has 1 N–H and O–H groups in total. The van der Waals surface area contributed by atoms with Crippen LogP contribution in [0.1, 0.15) is 19.4 Å². The molecule has 0 bridgehead atoms. The summed E-state index contributed by atoms with van der Waals surface area (Å²) in [5.41, 5.74) is 0.934. The summed E-state index contributed by atoms with van der Waals surface area (Å²) in [6.07, 6.45) is 1.62. The van der Waals surface area contributed by atoms with Crippen LogP contribution in [0.5, 0.6) is 0 Å². The highest BCUT2D eigenvalue weighted by molar-refractivity contribution is 7.88. The van der Waals surface area contributed by atoms with E-state index in [2.05, 4.69) is 5.32 Å². The molecule has 0 aromatic heterocycles. The van der Waals surface area contributed by atoms with Crippen molar-refractivity contribution in [2.75, 3.05) is 25.9 Å². The van der Waals surface area contributed by atoms with Crippen molar-refractivity contribution in [3.05, 3.63) is 34.9 Å². The zero-order valence-electron chi connectivity index (χ0n) is 13.2. The van der Waals surface area contributed by atoms with E-state index >= 15 is 0 Å². The zero-order valence-corrected chi connectivity index (χ0v) is 14.7. The van der Waals surface area contributed by atoms with E-state index in [-0.39, 0.29) is 19.0 Å². The maximum atomic E-state index is 11.8. The number of carbonyl (C=O) groups excluding carboxylic acids is 1. The van der Waals surface area contributed by atoms with Crippen molar-refractivity contribution in [3.63, 3.8) is 0 Å². The van der Waals surface area contributed by atoms with Gasteiger partial charge in [0.2, 0.25) is 15.9 Å². The molecule has 7 heteroatoms. The van der Waals surface area contributed by atoms with Gasteiger partial charge in [0.15, 0.2) is 0 Å². The molecule has 0 aliphatic rings. The first kappa shape index (κ1) is 18.9. The summed E-state index contributed by atoms with van der Waals surface area (Å²) in [6.45, 7) is 4.58. The topological polar surface area (TPSA) is 66.5 Å². The summed E-state index contributed by atoms with van der Waals surface area (Å²) in [5, 5.41) is 3.34. The second-order valence-electron chi connectivity index (χ2n) is 5.67. The molecule has 5 nitrogen and oxygen atoms in total. The molecule has 0 fully saturated rings. The molecule has 124 valence electrons. The molecule has 0 atom stereocenters. The molecule has 1 amide bonds. The highest BCUT2D eigenvalue weighted by Crippen LogP contribution is 2.12. The second kappa shape index (κ2) is 8.50. The van der Waals surface area contributed by atoms with Gasteiger partial charge >= 0.3 is 0 Å². The molecular weight excluding hydrogens is 324 g/mol. The summed E-state index contributed by atoms with van der Waals surface area (Å²) in [6, 6.07) is 7.25. The van der Waals surface area contributed by atoms with Crippen LogP contribution in [0.15, 0.2) is 24.3 Å². The van der Waals surface area contributed by atoms with Gasteiger partial charge in [0.05, 0.1) is 12.8 Å². The smallest absolute Gasteiger partial charge is 0.235 e. The molecule has 1 aromatic rings. The number of halogens is 1. The van der Waals surface area contributed by atoms with Crippen molar-refractivity contribution in [3.8, 4) is 0 Å². The number of rotatable bonds is 8. The molecule has 0 heterocycles. The highest BCUT2D eigenvalue weighted by atomic mass is 35.5. The summed E-state index contributed by atoms with van der Waals surface area (Å²) in [5.74, 6) is 0.0345. The monoisotopic (exact) mass is 346 g/mol. The van der Waals surface area contributed by atoms with Gasteiger partial charge in [-0.3, -0.25) is 4.79 Å². The van der Waals surface area contributed by atoms with Crippen molar-refractivity contribution in [2.24, 2.45) is 5.92 Å². The van der Waals surface area contributed by atoms with Crippen molar-refractivity contribution >= 4 is 27.5 Å². The molecule has 0 aliphatic carbocycles. The Kier molecular flexibility index (Phi) is 7.32. The van der Waals surface area contributed by atoms with Crippen molar-refractivity contribution < 1.29 is 13.2 Å². The van der Waals surface area contributed by atoms with Crippen LogP contribution < -0.4 is 5.32 Å². The average molecular weight is 347 g/mol. The maximum absolute atomic E-state index is 11.8. The predicted molar refractivity (Wildman–Crippen MR) is 89.4 cm³/mol. The lowest BCUT2D eigenvalue weighted by Gasteiger charge is -2.20. The Morgan fingerprint density at radius 3 is 2.59 bits per heavy atom. The van der Waals surface area contributed by atoms with Gasteiger partial charge < -0.3 is 5.32 Å². The fourth-order valence-electron chi connectivity index (χ4n) is 1.84. The van der Waals surface area contributed by atoms with E-state index in [0.29, 0.717) is 23.9 Å². The fraction of sp³-hybridized carbons (Fsp3) is 0.533. The standard InChI is InChI=1S/C15H23ClN2O3S/c1-12(2)10-17-15(19)11-18(22(3,20)21)8-7-13-5-4-6-14(16)9-13/h4-6,9,12H,7-8,10-11H2,1-3H3,(H,17,19). The normalized spacial score (nSPS) is 11.9. The third-order valence-electron chi connectivity index (χ3n) is 3.04. The first-order valence-electron chi connectivity index (χ1n) is 7.14. The number of nitrogens with zero attached hydrogens (tertiary/aromatic N) is 1. The first-order chi connectivity index (χ1) is 10.2. The summed E-state index contributed by atoms with van der Waals surface area (Å²) in [4.78, 5) is 11.8. The van der Waals surface area contributed by atoms with Gasteiger partial charge in [0.25, 0.3) is 0 Å². The molecule has 0 radical (unpaired) electrons. The lowest BCUT2D eigenvalue weighted by Crippen LogP contribution is -2.42. The van der Waals surface area contributed by atoms with Gasteiger partial charge in [0.1, 0.15) is 0 Å². The predicted octanol–water partition coefficient (Wildman–Crippen LogP) is 1.92. The molecule has 1 rings (SSSR count). The van der Waals surface area contributed by atoms with E-state index < -0.39 is 10.0 Å². The van der Waals surface area contributed by atoms with Gasteiger partial charge in [-0.05, 0) is 30.0 Å². The molecule has 1 aromatic carbocycles. The molecular formula is C15H23ClN2O3S. The minimum Gasteiger partial charge on any atom is -0.355 e. The summed E-state index contributed by atoms with van der Waals surface area (Å²) in [7, 11) is -3.44. The van der Waals surface area contributed by atoms with Gasteiger partial charge in [0, 0.05) is 18.1 Å². The Morgan fingerprint density at radius 1 is 1.36 bits per heavy atom. The Balaban J connectivity index is 2.64. The van der Waals surface area contributed by atoms with E-state index in [1.807, 2.05) is 26.0 Å². The SMILES string of the molecule is CC(C)CNC(=O)CN(CCc1cccc(Cl)c1)S(C)(=O)=O. The molecule has 0 unspecified atom stereocenters. The van der Waals surface area contributed by atoms with Crippen LogP contribution in [0.3, 0.4) is 0 Å². The number of benzene rings is 1. The van der Waals surface area contributed by atoms with Crippen LogP contribution >= 0.6 is 11.6 Å². The number of hydrogen-bond donors (Lipinski definition) is 1. The zero-order chi connectivity index (χ0) is 16.8. The van der Waals surface area contributed by atoms with Crippen molar-refractivity contribution in [1.82, 2.24) is 9.62 Å². The number of nitrogens with one attached hydrogen (secondary N) is 1. The van der Waals surface area contributed by atoms with Crippen LogP contribution in [0.25, 0.3) is 0 Å². The van der Waals surface area contributed by atoms with Gasteiger partial charge in [-0.2, -0.15) is 4.31 Å². The van der Waals surface area contributed by atoms with Crippen molar-refractivity contribution in [2.45, 2.75) is 20.3 Å². The quantitative estimate of drug-likeness (QED) is 0.782. The lowest BCUT2D eigenvalue weighted by atomic mass is 10.1. The highest BCUT2D eigenvalue weighted by Gasteiger charge is 2.19. The number of amides is 1. The van der Waals surface area contributed by atoms with Crippen LogP contribution in [-0.2, 0) is 21.2 Å². The Morgan fingerprint density at radius 2 is 2.05 bits per heavy atom. The molecule has 22 heavy (non-hydrogen) atoms. The fourth-order valence-corrected chi connectivity index (χ4v) is 2.83. The van der Waals surface area contributed by atoms with Crippen LogP contribution in [-0.4, -0.2) is 44.5 Å². The Labute approximate surface area is 137 Å². The van der Waals surface area contributed by atoms with E-state index in [0.717, 1.165) is 11.8 Å². The van der Waals surface area contributed by atoms with Crippen molar-refractivity contribution in [1.29, 1.82) is 0 Å². The third kappa shape index (κ3) is 7.24. The van der Waals surface area contributed by atoms with E-state index in [1.165, 1.54) is 4.31 Å². The van der Waals surface area contributed by atoms with E-state index in [1.54, 1.807) is 12.1 Å². The van der Waals surface area contributed by atoms with Gasteiger partial charge in [-0.15, -0.1) is 0 Å². The molecule has 0 saturated heterocycles. The third-order valence-corrected chi connectivity index (χ3v) is 4.52. The number of hydrogen-bond acceptors (Lipinski definition) is 3. The average Bonchev–Trinajstić information content (AvgIpc) is 2.40. The minimum atomic E-state index is -3.44. The first-order valence-corrected chi connectivity index (χ1v) is 9.37. The van der Waals surface area contributed by atoms with E-state index in [4.69, 9.17) is 11.6 Å². The summed E-state index contributed by atoms with van der Waals surface area (Å²) < 4.78 is 24.8. The van der Waals surface area contributed by atoms with Crippen LogP contribution in [0.2, 0.25) is 5.02 Å². The van der Waals surface area contributed by atoms with Gasteiger partial charge in [-0.1, -0.05) is 37.6 Å². The Hall–Kier alpha value is -1.11. The van der Waals surface area contributed by atoms with Crippen LogP contribution in [0.4, 0.5) is 0 Å². The molecule has 0 spiro atoms. The maximum Gasteiger partial charge on any atom is 0.235 e. The largest absolute Gasteiger partial charge is 0.355 e. The Bertz CT molecular complexity index is 603. The number of carbonyl (C=O) groups is 1. The number of sulfonamides is 1. The second-order valence-corrected chi connectivity index (χ2v) is 8.09. The lowest BCUT2D eigenvalue weighted by molar-refractivity contribution is -0.121. The summed E-state index contributed by atoms with van der Waals surface area (Å²) >= 11 is 5.91. The minimum absolute atomic E-state index is 0.161.